The predicted molar refractivity (Wildman–Crippen MR) is 105 cm³/mol. The summed E-state index contributed by atoms with van der Waals surface area (Å²) in [4.78, 5) is 6.73. The third-order valence-electron chi connectivity index (χ3n) is 4.25. The van der Waals surface area contributed by atoms with Crippen molar-refractivity contribution in [1.82, 2.24) is 10.6 Å². The average Bonchev–Trinajstić information content (AvgIpc) is 2.63. The van der Waals surface area contributed by atoms with Crippen LogP contribution in [0.15, 0.2) is 29.3 Å². The van der Waals surface area contributed by atoms with Crippen LogP contribution in [0.25, 0.3) is 0 Å². The van der Waals surface area contributed by atoms with E-state index in [4.69, 9.17) is 4.74 Å². The highest BCUT2D eigenvalue weighted by Gasteiger charge is 2.17. The number of hydrogen-bond acceptors (Lipinski definition) is 4. The minimum atomic E-state index is 0.184. The van der Waals surface area contributed by atoms with Gasteiger partial charge >= 0.3 is 0 Å². The van der Waals surface area contributed by atoms with Crippen LogP contribution in [0.2, 0.25) is 0 Å². The van der Waals surface area contributed by atoms with Gasteiger partial charge in [0.25, 0.3) is 0 Å². The molecule has 1 aromatic rings. The summed E-state index contributed by atoms with van der Waals surface area (Å²) in [5.74, 6) is 0.842. The summed E-state index contributed by atoms with van der Waals surface area (Å²) >= 11 is 1.85. The number of ether oxygens (including phenoxy) is 1. The van der Waals surface area contributed by atoms with Crippen molar-refractivity contribution in [1.29, 1.82) is 0 Å². The van der Waals surface area contributed by atoms with Crippen LogP contribution in [0.4, 0.5) is 5.69 Å². The number of rotatable bonds is 6. The summed E-state index contributed by atoms with van der Waals surface area (Å²) < 4.78 is 5.65. The van der Waals surface area contributed by atoms with E-state index in [-0.39, 0.29) is 4.75 Å². The zero-order chi connectivity index (χ0) is 17.4. The van der Waals surface area contributed by atoms with Gasteiger partial charge in [-0.2, -0.15) is 11.8 Å². The van der Waals surface area contributed by atoms with Gasteiger partial charge in [-0.1, -0.05) is 18.2 Å². The highest BCUT2D eigenvalue weighted by Crippen LogP contribution is 2.21. The second kappa shape index (κ2) is 9.18. The molecule has 1 aromatic carbocycles. The minimum Gasteiger partial charge on any atom is -0.378 e. The lowest BCUT2D eigenvalue weighted by Gasteiger charge is -2.31. The predicted octanol–water partition coefficient (Wildman–Crippen LogP) is 2.33. The topological polar surface area (TPSA) is 48.9 Å². The summed E-state index contributed by atoms with van der Waals surface area (Å²) in [6.45, 7) is 9.59. The maximum Gasteiger partial charge on any atom is 0.191 e. The Morgan fingerprint density at radius 2 is 1.96 bits per heavy atom. The molecule has 1 saturated heterocycles. The molecule has 1 aliphatic heterocycles. The van der Waals surface area contributed by atoms with Gasteiger partial charge in [-0.05, 0) is 31.7 Å². The second-order valence-electron chi connectivity index (χ2n) is 6.47. The summed E-state index contributed by atoms with van der Waals surface area (Å²) in [6, 6.07) is 8.56. The lowest BCUT2D eigenvalue weighted by Crippen LogP contribution is -2.43. The molecule has 0 spiro atoms. The fraction of sp³-hybridized carbons (Fsp3) is 0.611. The third kappa shape index (κ3) is 5.60. The number of aliphatic imine (C=N–C) groups is 1. The summed E-state index contributed by atoms with van der Waals surface area (Å²) in [7, 11) is 1.81. The van der Waals surface area contributed by atoms with Crippen LogP contribution in [0.5, 0.6) is 0 Å². The van der Waals surface area contributed by atoms with E-state index in [1.54, 1.807) is 0 Å². The van der Waals surface area contributed by atoms with Gasteiger partial charge in [0, 0.05) is 43.7 Å². The van der Waals surface area contributed by atoms with Crippen LogP contribution in [-0.2, 0) is 11.3 Å². The number of thioether (sulfide) groups is 1. The van der Waals surface area contributed by atoms with E-state index in [2.05, 4.69) is 64.9 Å². The molecule has 0 radical (unpaired) electrons. The molecule has 1 aliphatic rings. The molecule has 0 aliphatic carbocycles. The molecule has 2 N–H and O–H groups in total. The van der Waals surface area contributed by atoms with Crippen molar-refractivity contribution < 1.29 is 4.74 Å². The first-order chi connectivity index (χ1) is 11.6. The molecule has 0 amide bonds. The van der Waals surface area contributed by atoms with Gasteiger partial charge in [0.05, 0.1) is 13.2 Å². The van der Waals surface area contributed by atoms with Crippen molar-refractivity contribution in [2.45, 2.75) is 25.1 Å². The van der Waals surface area contributed by atoms with Crippen molar-refractivity contribution in [2.24, 2.45) is 4.99 Å². The highest BCUT2D eigenvalue weighted by atomic mass is 32.2. The largest absolute Gasteiger partial charge is 0.378 e. The molecule has 2 rings (SSSR count). The highest BCUT2D eigenvalue weighted by molar-refractivity contribution is 7.99. The van der Waals surface area contributed by atoms with Crippen LogP contribution >= 0.6 is 11.8 Å². The molecular formula is C18H30N4OS. The Morgan fingerprint density at radius 1 is 1.25 bits per heavy atom. The molecule has 0 unspecified atom stereocenters. The lowest BCUT2D eigenvalue weighted by atomic mass is 10.1. The monoisotopic (exact) mass is 350 g/mol. The van der Waals surface area contributed by atoms with Gasteiger partial charge in [0.2, 0.25) is 0 Å². The summed E-state index contributed by atoms with van der Waals surface area (Å²) in [5, 5.41) is 6.85. The molecule has 5 nitrogen and oxygen atoms in total. The quantitative estimate of drug-likeness (QED) is 0.609. The summed E-state index contributed by atoms with van der Waals surface area (Å²) in [5.41, 5.74) is 2.57. The molecule has 0 bridgehead atoms. The Labute approximate surface area is 150 Å². The Bertz CT molecular complexity index is 542. The van der Waals surface area contributed by atoms with Gasteiger partial charge in [0.15, 0.2) is 5.96 Å². The van der Waals surface area contributed by atoms with E-state index < -0.39 is 0 Å². The maximum absolute atomic E-state index is 5.46. The maximum atomic E-state index is 5.46. The van der Waals surface area contributed by atoms with Crippen molar-refractivity contribution in [2.75, 3.05) is 51.1 Å². The third-order valence-corrected chi connectivity index (χ3v) is 5.50. The number of anilines is 1. The molecule has 0 aromatic heterocycles. The van der Waals surface area contributed by atoms with Crippen molar-refractivity contribution >= 4 is 23.4 Å². The SMILES string of the molecule is CN=C(NCc1ccccc1N1CCOCC1)NCC(C)(C)SC. The number of benzene rings is 1. The second-order valence-corrected chi connectivity index (χ2v) is 7.98. The van der Waals surface area contributed by atoms with Gasteiger partial charge in [-0.15, -0.1) is 0 Å². The van der Waals surface area contributed by atoms with Crippen LogP contribution in [0, 0.1) is 0 Å². The lowest BCUT2D eigenvalue weighted by molar-refractivity contribution is 0.122. The smallest absolute Gasteiger partial charge is 0.191 e. The Morgan fingerprint density at radius 3 is 2.62 bits per heavy atom. The number of hydrogen-bond donors (Lipinski definition) is 2. The molecule has 134 valence electrons. The summed E-state index contributed by atoms with van der Waals surface area (Å²) in [6.07, 6.45) is 2.14. The van der Waals surface area contributed by atoms with E-state index in [0.717, 1.165) is 45.4 Å². The average molecular weight is 351 g/mol. The molecule has 1 heterocycles. The molecule has 24 heavy (non-hydrogen) atoms. The van der Waals surface area contributed by atoms with E-state index in [0.29, 0.717) is 0 Å². The molecule has 6 heteroatoms. The number of guanidine groups is 1. The van der Waals surface area contributed by atoms with Gasteiger partial charge in [0.1, 0.15) is 0 Å². The van der Waals surface area contributed by atoms with Crippen molar-refractivity contribution in [3.63, 3.8) is 0 Å². The molecule has 1 fully saturated rings. The first-order valence-corrected chi connectivity index (χ1v) is 9.68. The molecule has 0 saturated carbocycles. The fourth-order valence-corrected chi connectivity index (χ4v) is 2.76. The van der Waals surface area contributed by atoms with Crippen molar-refractivity contribution in [3.05, 3.63) is 29.8 Å². The Hall–Kier alpha value is -1.40. The number of nitrogens with zero attached hydrogens (tertiary/aromatic N) is 2. The fourth-order valence-electron chi connectivity index (χ4n) is 2.54. The van der Waals surface area contributed by atoms with E-state index in [1.807, 2.05) is 18.8 Å². The van der Waals surface area contributed by atoms with E-state index >= 15 is 0 Å². The van der Waals surface area contributed by atoms with Crippen molar-refractivity contribution in [3.8, 4) is 0 Å². The van der Waals surface area contributed by atoms with Gasteiger partial charge < -0.3 is 20.3 Å². The van der Waals surface area contributed by atoms with Crippen LogP contribution in [-0.4, -0.2) is 56.9 Å². The zero-order valence-corrected chi connectivity index (χ0v) is 16.1. The zero-order valence-electron chi connectivity index (χ0n) is 15.3. The molecule has 0 atom stereocenters. The van der Waals surface area contributed by atoms with Crippen LogP contribution in [0.3, 0.4) is 0 Å². The van der Waals surface area contributed by atoms with Gasteiger partial charge in [-0.25, -0.2) is 0 Å². The Kier molecular flexibility index (Phi) is 7.24. The standard InChI is InChI=1S/C18H30N4OS/c1-18(2,24-4)14-21-17(19-3)20-13-15-7-5-6-8-16(15)22-9-11-23-12-10-22/h5-8H,9-14H2,1-4H3,(H2,19,20,21). The first-order valence-electron chi connectivity index (χ1n) is 8.46. The molecular weight excluding hydrogens is 320 g/mol. The van der Waals surface area contributed by atoms with E-state index in [1.165, 1.54) is 11.3 Å². The first kappa shape index (κ1) is 18.9. The normalized spacial score (nSPS) is 16.2. The van der Waals surface area contributed by atoms with Gasteiger partial charge in [-0.3, -0.25) is 4.99 Å². The number of para-hydroxylation sites is 1. The number of morpholine rings is 1. The van der Waals surface area contributed by atoms with Crippen LogP contribution < -0.4 is 15.5 Å². The number of nitrogens with one attached hydrogen (secondary N) is 2. The minimum absolute atomic E-state index is 0.184. The van der Waals surface area contributed by atoms with Crippen LogP contribution in [0.1, 0.15) is 19.4 Å². The Balaban J connectivity index is 1.95. The van der Waals surface area contributed by atoms with E-state index in [9.17, 15) is 0 Å².